The monoisotopic (exact) mass is 516 g/mol. The van der Waals surface area contributed by atoms with Gasteiger partial charge < -0.3 is 21.1 Å². The van der Waals surface area contributed by atoms with E-state index < -0.39 is 11.6 Å². The standard InChI is InChI=1S/C25H26F2N6O2.ClH/c1-4-15-11-16(5-6-17(15)25(34)31-12-14(2)28)32-23-24-30-13-19(33(24)10-9-29-23)18-7-8-20(35-3)22(27)21(18)26;/h5-11,13-14H,4,12,28H2,1-3H3,(H,29,32)(H,31,34);1H/t14-;/m0./s1. The minimum atomic E-state index is -1.07. The molecule has 0 aliphatic carbocycles. The molecule has 0 aliphatic rings. The highest BCUT2D eigenvalue weighted by atomic mass is 35.5. The number of amides is 1. The van der Waals surface area contributed by atoms with Crippen molar-refractivity contribution in [3.8, 4) is 17.0 Å². The third-order valence-corrected chi connectivity index (χ3v) is 5.55. The number of imidazole rings is 1. The molecule has 0 fully saturated rings. The topological polar surface area (TPSA) is 107 Å². The van der Waals surface area contributed by atoms with Gasteiger partial charge in [-0.25, -0.2) is 14.4 Å². The minimum absolute atomic E-state index is 0. The molecule has 4 N–H and O–H groups in total. The summed E-state index contributed by atoms with van der Waals surface area (Å²) in [5.41, 5.74) is 8.69. The number of fused-ring (bicyclic) bond motifs is 1. The molecule has 0 aliphatic heterocycles. The SMILES string of the molecule is CCc1cc(Nc2nccn3c(-c4ccc(OC)c(F)c4F)cnc23)ccc1C(=O)NC[C@H](C)N.Cl. The second-order valence-electron chi connectivity index (χ2n) is 8.09. The van der Waals surface area contributed by atoms with E-state index in [9.17, 15) is 13.6 Å². The normalized spacial score (nSPS) is 11.6. The van der Waals surface area contributed by atoms with E-state index in [2.05, 4.69) is 20.6 Å². The number of aryl methyl sites for hydroxylation is 1. The van der Waals surface area contributed by atoms with Crippen molar-refractivity contribution in [1.82, 2.24) is 19.7 Å². The number of halogens is 3. The van der Waals surface area contributed by atoms with E-state index >= 15 is 0 Å². The molecule has 190 valence electrons. The second-order valence-corrected chi connectivity index (χ2v) is 8.09. The van der Waals surface area contributed by atoms with Crippen LogP contribution in [-0.4, -0.2) is 40.0 Å². The van der Waals surface area contributed by atoms with Crippen LogP contribution in [0.5, 0.6) is 5.75 Å². The zero-order valence-corrected chi connectivity index (χ0v) is 20.8. The van der Waals surface area contributed by atoms with E-state index in [1.165, 1.54) is 31.6 Å². The summed E-state index contributed by atoms with van der Waals surface area (Å²) in [6, 6.07) is 8.05. The fraction of sp³-hybridized carbons (Fsp3) is 0.240. The number of nitrogens with two attached hydrogens (primary N) is 1. The fourth-order valence-electron chi connectivity index (χ4n) is 3.77. The number of aromatic nitrogens is 3. The Morgan fingerprint density at radius 1 is 1.19 bits per heavy atom. The third-order valence-electron chi connectivity index (χ3n) is 5.55. The Morgan fingerprint density at radius 2 is 1.97 bits per heavy atom. The van der Waals surface area contributed by atoms with Crippen molar-refractivity contribution in [2.24, 2.45) is 5.73 Å². The van der Waals surface area contributed by atoms with Crippen LogP contribution in [0.4, 0.5) is 20.3 Å². The first-order chi connectivity index (χ1) is 16.8. The van der Waals surface area contributed by atoms with Gasteiger partial charge in [-0.15, -0.1) is 12.4 Å². The highest BCUT2D eigenvalue weighted by Crippen LogP contribution is 2.31. The molecule has 0 saturated carbocycles. The molecule has 0 spiro atoms. The van der Waals surface area contributed by atoms with Gasteiger partial charge in [0.1, 0.15) is 0 Å². The van der Waals surface area contributed by atoms with Crippen molar-refractivity contribution in [2.75, 3.05) is 19.0 Å². The number of carbonyl (C=O) groups excluding carboxylic acids is 1. The molecule has 1 atom stereocenters. The molecule has 2 aromatic carbocycles. The molecule has 2 heterocycles. The number of methoxy groups -OCH3 is 1. The van der Waals surface area contributed by atoms with Gasteiger partial charge in [0.05, 0.1) is 19.0 Å². The van der Waals surface area contributed by atoms with Crippen LogP contribution in [0, 0.1) is 11.6 Å². The molecule has 0 radical (unpaired) electrons. The Labute approximate surface area is 213 Å². The highest BCUT2D eigenvalue weighted by molar-refractivity contribution is 5.96. The molecular formula is C25H27ClF2N6O2. The fourth-order valence-corrected chi connectivity index (χ4v) is 3.77. The van der Waals surface area contributed by atoms with Crippen molar-refractivity contribution in [3.05, 3.63) is 71.7 Å². The summed E-state index contributed by atoms with van der Waals surface area (Å²) >= 11 is 0. The second kappa shape index (κ2) is 11.3. The Bertz CT molecular complexity index is 1390. The summed E-state index contributed by atoms with van der Waals surface area (Å²) in [7, 11) is 1.28. The third kappa shape index (κ3) is 5.24. The van der Waals surface area contributed by atoms with Crippen LogP contribution in [0.25, 0.3) is 16.9 Å². The largest absolute Gasteiger partial charge is 0.494 e. The van der Waals surface area contributed by atoms with E-state index in [1.54, 1.807) is 22.7 Å². The maximum atomic E-state index is 14.7. The van der Waals surface area contributed by atoms with Gasteiger partial charge in [0.15, 0.2) is 23.0 Å². The maximum Gasteiger partial charge on any atom is 0.251 e. The van der Waals surface area contributed by atoms with Crippen LogP contribution >= 0.6 is 12.4 Å². The van der Waals surface area contributed by atoms with Gasteiger partial charge in [0.2, 0.25) is 5.82 Å². The zero-order chi connectivity index (χ0) is 25.1. The van der Waals surface area contributed by atoms with Crippen LogP contribution in [-0.2, 0) is 6.42 Å². The average Bonchev–Trinajstić information content (AvgIpc) is 3.29. The van der Waals surface area contributed by atoms with Gasteiger partial charge in [0.25, 0.3) is 5.91 Å². The number of rotatable bonds is 8. The Balaban J connectivity index is 0.00000361. The lowest BCUT2D eigenvalue weighted by molar-refractivity contribution is 0.0951. The molecular weight excluding hydrogens is 490 g/mol. The number of benzene rings is 2. The van der Waals surface area contributed by atoms with E-state index in [-0.39, 0.29) is 35.7 Å². The molecule has 4 aromatic rings. The van der Waals surface area contributed by atoms with E-state index in [0.717, 1.165) is 5.56 Å². The van der Waals surface area contributed by atoms with Gasteiger partial charge in [-0.2, -0.15) is 4.39 Å². The van der Waals surface area contributed by atoms with Gasteiger partial charge in [0, 0.05) is 41.8 Å². The van der Waals surface area contributed by atoms with Crippen molar-refractivity contribution in [2.45, 2.75) is 26.3 Å². The molecule has 0 bridgehead atoms. The Kier molecular flexibility index (Phi) is 8.44. The van der Waals surface area contributed by atoms with E-state index in [1.807, 2.05) is 19.9 Å². The lowest BCUT2D eigenvalue weighted by Gasteiger charge is -2.13. The predicted octanol–water partition coefficient (Wildman–Crippen LogP) is 4.49. The number of hydrogen-bond acceptors (Lipinski definition) is 6. The quantitative estimate of drug-likeness (QED) is 0.318. The van der Waals surface area contributed by atoms with Gasteiger partial charge >= 0.3 is 0 Å². The van der Waals surface area contributed by atoms with Crippen molar-refractivity contribution in [1.29, 1.82) is 0 Å². The molecule has 2 aromatic heterocycles. The van der Waals surface area contributed by atoms with Crippen LogP contribution in [0.2, 0.25) is 0 Å². The number of anilines is 2. The van der Waals surface area contributed by atoms with Gasteiger partial charge in [-0.1, -0.05) is 6.92 Å². The molecule has 4 rings (SSSR count). The first-order valence-corrected chi connectivity index (χ1v) is 11.1. The van der Waals surface area contributed by atoms with Crippen molar-refractivity contribution >= 4 is 35.5 Å². The number of carbonyl (C=O) groups is 1. The van der Waals surface area contributed by atoms with Crippen LogP contribution in [0.15, 0.2) is 48.9 Å². The lowest BCUT2D eigenvalue weighted by Crippen LogP contribution is -2.35. The predicted molar refractivity (Wildman–Crippen MR) is 137 cm³/mol. The van der Waals surface area contributed by atoms with E-state index in [0.29, 0.717) is 41.4 Å². The summed E-state index contributed by atoms with van der Waals surface area (Å²) in [4.78, 5) is 21.3. The summed E-state index contributed by atoms with van der Waals surface area (Å²) in [6.07, 6.45) is 5.25. The first-order valence-electron chi connectivity index (χ1n) is 11.1. The molecule has 1 amide bonds. The first kappa shape index (κ1) is 26.8. The Hall–Kier alpha value is -3.76. The number of hydrogen-bond donors (Lipinski definition) is 3. The smallest absolute Gasteiger partial charge is 0.251 e. The van der Waals surface area contributed by atoms with Crippen LogP contribution < -0.4 is 21.1 Å². The summed E-state index contributed by atoms with van der Waals surface area (Å²) in [5.74, 6) is -2.03. The Morgan fingerprint density at radius 3 is 2.67 bits per heavy atom. The molecule has 0 saturated heterocycles. The van der Waals surface area contributed by atoms with Crippen LogP contribution in [0.1, 0.15) is 29.8 Å². The molecule has 8 nitrogen and oxygen atoms in total. The number of nitrogens with zero attached hydrogens (tertiary/aromatic N) is 3. The maximum absolute atomic E-state index is 14.7. The van der Waals surface area contributed by atoms with Crippen molar-refractivity contribution < 1.29 is 18.3 Å². The average molecular weight is 517 g/mol. The van der Waals surface area contributed by atoms with Crippen LogP contribution in [0.3, 0.4) is 0 Å². The van der Waals surface area contributed by atoms with E-state index in [4.69, 9.17) is 10.5 Å². The summed E-state index contributed by atoms with van der Waals surface area (Å²) in [5, 5.41) is 6.04. The number of nitrogens with one attached hydrogen (secondary N) is 2. The van der Waals surface area contributed by atoms with Gasteiger partial charge in [-0.05, 0) is 49.2 Å². The molecule has 0 unspecified atom stereocenters. The van der Waals surface area contributed by atoms with Gasteiger partial charge in [-0.3, -0.25) is 9.20 Å². The highest BCUT2D eigenvalue weighted by Gasteiger charge is 2.19. The molecule has 11 heteroatoms. The summed E-state index contributed by atoms with van der Waals surface area (Å²) in [6.45, 7) is 4.17. The van der Waals surface area contributed by atoms with Crippen molar-refractivity contribution in [3.63, 3.8) is 0 Å². The summed E-state index contributed by atoms with van der Waals surface area (Å²) < 4.78 is 35.5. The number of ether oxygens (including phenoxy) is 1. The molecule has 36 heavy (non-hydrogen) atoms. The minimum Gasteiger partial charge on any atom is -0.494 e. The lowest BCUT2D eigenvalue weighted by atomic mass is 10.0. The zero-order valence-electron chi connectivity index (χ0n) is 20.0.